The fourth-order valence-electron chi connectivity index (χ4n) is 1.70. The van der Waals surface area contributed by atoms with E-state index in [4.69, 9.17) is 4.74 Å². The van der Waals surface area contributed by atoms with Crippen LogP contribution in [0.15, 0.2) is 0 Å². The molecule has 1 saturated heterocycles. The predicted octanol–water partition coefficient (Wildman–Crippen LogP) is 0.759. The summed E-state index contributed by atoms with van der Waals surface area (Å²) in [4.78, 5) is 16.0. The van der Waals surface area contributed by atoms with Crippen LogP contribution < -0.4 is 5.32 Å². The van der Waals surface area contributed by atoms with Crippen molar-refractivity contribution in [3.63, 3.8) is 0 Å². The Balaban J connectivity index is 2.05. The van der Waals surface area contributed by atoms with E-state index < -0.39 is 0 Å². The molecule has 1 amide bonds. The van der Waals surface area contributed by atoms with Crippen molar-refractivity contribution < 1.29 is 9.53 Å². The van der Waals surface area contributed by atoms with Gasteiger partial charge in [0.2, 0.25) is 0 Å². The minimum Gasteiger partial charge on any atom is -0.447 e. The molecule has 0 aliphatic carbocycles. The zero-order valence-corrected chi connectivity index (χ0v) is 11.2. The lowest BCUT2D eigenvalue weighted by Crippen LogP contribution is -2.47. The summed E-state index contributed by atoms with van der Waals surface area (Å²) in [7, 11) is 2.14. The van der Waals surface area contributed by atoms with Crippen molar-refractivity contribution in [2.24, 2.45) is 0 Å². The van der Waals surface area contributed by atoms with Crippen LogP contribution in [0.2, 0.25) is 0 Å². The molecule has 0 spiro atoms. The van der Waals surface area contributed by atoms with Crippen LogP contribution in [0, 0.1) is 0 Å². The molecule has 0 radical (unpaired) electrons. The number of alkyl carbamates (subject to hydrolysis) is 1. The first-order valence-electron chi connectivity index (χ1n) is 6.47. The molecule has 5 heteroatoms. The number of hydrogen-bond donors (Lipinski definition) is 1. The summed E-state index contributed by atoms with van der Waals surface area (Å²) in [5.74, 6) is 0. The molecule has 0 unspecified atom stereocenters. The van der Waals surface area contributed by atoms with Crippen molar-refractivity contribution in [2.75, 3.05) is 46.3 Å². The highest BCUT2D eigenvalue weighted by Gasteiger charge is 2.13. The van der Waals surface area contributed by atoms with Crippen molar-refractivity contribution in [3.05, 3.63) is 0 Å². The third kappa shape index (κ3) is 5.89. The number of carbonyl (C=O) groups excluding carboxylic acids is 1. The minimum atomic E-state index is -0.298. The summed E-state index contributed by atoms with van der Waals surface area (Å²) in [6.07, 6.45) is 0.554. The van der Waals surface area contributed by atoms with Crippen LogP contribution in [0.3, 0.4) is 0 Å². The second-order valence-electron chi connectivity index (χ2n) is 4.70. The number of piperazine rings is 1. The van der Waals surface area contributed by atoms with E-state index in [0.717, 1.165) is 39.1 Å². The lowest BCUT2D eigenvalue weighted by Gasteiger charge is -2.32. The number of carbonyl (C=O) groups is 1. The number of ether oxygens (including phenoxy) is 1. The van der Waals surface area contributed by atoms with E-state index in [1.807, 2.05) is 13.8 Å². The lowest BCUT2D eigenvalue weighted by atomic mass is 10.3. The summed E-state index contributed by atoms with van der Waals surface area (Å²) in [5.41, 5.74) is 0. The van der Waals surface area contributed by atoms with E-state index in [1.165, 1.54) is 0 Å². The average Bonchev–Trinajstić information content (AvgIpc) is 2.31. The third-order valence-electron chi connectivity index (χ3n) is 3.18. The molecule has 5 nitrogen and oxygen atoms in total. The fourth-order valence-corrected chi connectivity index (χ4v) is 1.70. The van der Waals surface area contributed by atoms with Crippen molar-refractivity contribution >= 4 is 6.09 Å². The maximum atomic E-state index is 11.3. The Labute approximate surface area is 104 Å². The molecule has 100 valence electrons. The molecule has 1 atom stereocenters. The number of hydrogen-bond acceptors (Lipinski definition) is 4. The summed E-state index contributed by atoms with van der Waals surface area (Å²) >= 11 is 0. The molecule has 1 fully saturated rings. The Bertz CT molecular complexity index is 228. The van der Waals surface area contributed by atoms with Crippen LogP contribution in [0.25, 0.3) is 0 Å². The van der Waals surface area contributed by atoms with E-state index >= 15 is 0 Å². The van der Waals surface area contributed by atoms with Crippen molar-refractivity contribution in [2.45, 2.75) is 26.4 Å². The van der Waals surface area contributed by atoms with Crippen LogP contribution in [-0.2, 0) is 4.74 Å². The number of nitrogens with zero attached hydrogens (tertiary/aromatic N) is 2. The first-order chi connectivity index (χ1) is 8.11. The van der Waals surface area contributed by atoms with Gasteiger partial charge < -0.3 is 15.0 Å². The first kappa shape index (κ1) is 14.3. The Morgan fingerprint density at radius 2 is 2.00 bits per heavy atom. The summed E-state index contributed by atoms with van der Waals surface area (Å²) in [6, 6.07) is 0. The summed E-state index contributed by atoms with van der Waals surface area (Å²) in [6.45, 7) is 9.86. The van der Waals surface area contributed by atoms with Gasteiger partial charge in [0.1, 0.15) is 6.10 Å². The lowest BCUT2D eigenvalue weighted by molar-refractivity contribution is 0.102. The van der Waals surface area contributed by atoms with Gasteiger partial charge in [-0.3, -0.25) is 4.90 Å². The third-order valence-corrected chi connectivity index (χ3v) is 3.18. The standard InChI is InChI=1S/C12H25N3O2/c1-4-11(2)17-12(16)13-5-6-15-9-7-14(3)8-10-15/h11H,4-10H2,1-3H3,(H,13,16)/t11-/m1/s1. The highest BCUT2D eigenvalue weighted by atomic mass is 16.6. The summed E-state index contributed by atoms with van der Waals surface area (Å²) < 4.78 is 5.13. The van der Waals surface area contributed by atoms with Gasteiger partial charge >= 0.3 is 6.09 Å². The van der Waals surface area contributed by atoms with Crippen LogP contribution in [-0.4, -0.2) is 68.3 Å². The van der Waals surface area contributed by atoms with E-state index in [9.17, 15) is 4.79 Å². The topological polar surface area (TPSA) is 44.8 Å². The smallest absolute Gasteiger partial charge is 0.407 e. The Morgan fingerprint density at radius 1 is 1.35 bits per heavy atom. The molecule has 17 heavy (non-hydrogen) atoms. The van der Waals surface area contributed by atoms with Crippen LogP contribution in [0.1, 0.15) is 20.3 Å². The number of likely N-dealkylation sites (N-methyl/N-ethyl adjacent to an activating group) is 1. The molecule has 1 rings (SSSR count). The number of nitrogens with one attached hydrogen (secondary N) is 1. The second kappa shape index (κ2) is 7.50. The quantitative estimate of drug-likeness (QED) is 0.774. The molecular weight excluding hydrogens is 218 g/mol. The predicted molar refractivity (Wildman–Crippen MR) is 68.2 cm³/mol. The maximum Gasteiger partial charge on any atom is 0.407 e. The maximum absolute atomic E-state index is 11.3. The van der Waals surface area contributed by atoms with Gasteiger partial charge in [0, 0.05) is 39.3 Å². The minimum absolute atomic E-state index is 0.00126. The van der Waals surface area contributed by atoms with Gasteiger partial charge in [0.05, 0.1) is 0 Å². The molecule has 1 aliphatic heterocycles. The highest BCUT2D eigenvalue weighted by molar-refractivity contribution is 5.67. The van der Waals surface area contributed by atoms with Gasteiger partial charge in [-0.15, -0.1) is 0 Å². The van der Waals surface area contributed by atoms with Gasteiger partial charge in [-0.25, -0.2) is 4.79 Å². The molecule has 0 bridgehead atoms. The van der Waals surface area contributed by atoms with Gasteiger partial charge in [-0.2, -0.15) is 0 Å². The van der Waals surface area contributed by atoms with Crippen LogP contribution in [0.5, 0.6) is 0 Å². The van der Waals surface area contributed by atoms with Crippen LogP contribution in [0.4, 0.5) is 4.79 Å². The average molecular weight is 243 g/mol. The van der Waals surface area contributed by atoms with E-state index in [1.54, 1.807) is 0 Å². The van der Waals surface area contributed by atoms with E-state index in [-0.39, 0.29) is 12.2 Å². The first-order valence-corrected chi connectivity index (χ1v) is 6.47. The largest absolute Gasteiger partial charge is 0.447 e. The van der Waals surface area contributed by atoms with Crippen LogP contribution >= 0.6 is 0 Å². The Kier molecular flexibility index (Phi) is 6.29. The van der Waals surface area contributed by atoms with Gasteiger partial charge in [-0.05, 0) is 20.4 Å². The highest BCUT2D eigenvalue weighted by Crippen LogP contribution is 1.98. The molecule has 0 aromatic heterocycles. The molecule has 0 aromatic carbocycles. The molecule has 1 aliphatic rings. The van der Waals surface area contributed by atoms with Crippen molar-refractivity contribution in [1.82, 2.24) is 15.1 Å². The molecule has 0 aromatic rings. The molecule has 1 heterocycles. The second-order valence-corrected chi connectivity index (χ2v) is 4.70. The summed E-state index contributed by atoms with van der Waals surface area (Å²) in [5, 5.41) is 2.79. The SMILES string of the molecule is CC[C@@H](C)OC(=O)NCCN1CCN(C)CC1. The molecule has 0 saturated carbocycles. The number of rotatable bonds is 5. The zero-order chi connectivity index (χ0) is 12.7. The Hall–Kier alpha value is -0.810. The number of amides is 1. The van der Waals surface area contributed by atoms with Crippen molar-refractivity contribution in [3.8, 4) is 0 Å². The zero-order valence-electron chi connectivity index (χ0n) is 11.2. The van der Waals surface area contributed by atoms with Gasteiger partial charge in [-0.1, -0.05) is 6.92 Å². The monoisotopic (exact) mass is 243 g/mol. The van der Waals surface area contributed by atoms with Gasteiger partial charge in [0.15, 0.2) is 0 Å². The molecular formula is C12H25N3O2. The van der Waals surface area contributed by atoms with Gasteiger partial charge in [0.25, 0.3) is 0 Å². The van der Waals surface area contributed by atoms with Crippen molar-refractivity contribution in [1.29, 1.82) is 0 Å². The fraction of sp³-hybridized carbons (Fsp3) is 0.917. The van der Waals surface area contributed by atoms with E-state index in [2.05, 4.69) is 22.2 Å². The Morgan fingerprint density at radius 3 is 2.59 bits per heavy atom. The van der Waals surface area contributed by atoms with E-state index in [0.29, 0.717) is 6.54 Å². The normalized spacial score (nSPS) is 19.9. The molecule has 1 N–H and O–H groups in total.